The van der Waals surface area contributed by atoms with Crippen LogP contribution in [0.5, 0.6) is 5.75 Å². The molecule has 5 rings (SSSR count). The summed E-state index contributed by atoms with van der Waals surface area (Å²) in [5.41, 5.74) is 7.63. The minimum absolute atomic E-state index is 0.0228. The van der Waals surface area contributed by atoms with Gasteiger partial charge in [0.2, 0.25) is 0 Å². The lowest BCUT2D eigenvalue weighted by Gasteiger charge is -2.29. The van der Waals surface area contributed by atoms with Crippen LogP contribution in [0.25, 0.3) is 5.69 Å². The normalized spacial score (nSPS) is 15.8. The van der Waals surface area contributed by atoms with Crippen molar-refractivity contribution in [3.8, 4) is 11.4 Å². The lowest BCUT2D eigenvalue weighted by atomic mass is 10.0. The number of primary amides is 1. The van der Waals surface area contributed by atoms with E-state index < -0.39 is 17.6 Å². The third-order valence-electron chi connectivity index (χ3n) is 6.09. The number of carbonyl (C=O) groups is 3. The van der Waals surface area contributed by atoms with Gasteiger partial charge in [0.25, 0.3) is 17.7 Å². The fourth-order valence-corrected chi connectivity index (χ4v) is 4.38. The molecule has 2 aromatic carbocycles. The number of hydrogen-bond acceptors (Lipinski definition) is 6. The van der Waals surface area contributed by atoms with E-state index in [1.54, 1.807) is 40.1 Å². The minimum Gasteiger partial charge on any atom is -0.494 e. The fraction of sp³-hybridized carbons (Fsp3) is 0.250. The molecule has 0 atom stereocenters. The molecule has 11 heteroatoms. The van der Waals surface area contributed by atoms with Crippen molar-refractivity contribution >= 4 is 29.1 Å². The zero-order chi connectivity index (χ0) is 24.7. The number of halogens is 1. The van der Waals surface area contributed by atoms with Crippen LogP contribution in [0.15, 0.2) is 42.5 Å². The highest BCUT2D eigenvalue weighted by atomic mass is 19.1. The summed E-state index contributed by atoms with van der Waals surface area (Å²) in [6, 6.07) is 11.2. The quantitative estimate of drug-likeness (QED) is 0.595. The van der Waals surface area contributed by atoms with Gasteiger partial charge in [-0.1, -0.05) is 0 Å². The Morgan fingerprint density at radius 3 is 2.37 bits per heavy atom. The third-order valence-corrected chi connectivity index (χ3v) is 6.09. The second-order valence-corrected chi connectivity index (χ2v) is 8.09. The van der Waals surface area contributed by atoms with E-state index in [2.05, 4.69) is 5.10 Å². The number of rotatable bonds is 5. The maximum absolute atomic E-state index is 14.4. The summed E-state index contributed by atoms with van der Waals surface area (Å²) < 4.78 is 25.8. The average molecular weight is 479 g/mol. The van der Waals surface area contributed by atoms with Gasteiger partial charge >= 0.3 is 0 Å². The van der Waals surface area contributed by atoms with E-state index in [9.17, 15) is 18.8 Å². The Balaban J connectivity index is 1.51. The van der Waals surface area contributed by atoms with Crippen LogP contribution >= 0.6 is 0 Å². The van der Waals surface area contributed by atoms with Crippen molar-refractivity contribution in [2.24, 2.45) is 5.73 Å². The minimum atomic E-state index is -0.769. The first-order valence-electron chi connectivity index (χ1n) is 10.9. The molecule has 0 bridgehead atoms. The standard InChI is InChI=1S/C24H22FN5O5/c1-34-19-7-6-16(12-18(19)25)30-22-17(21(27-30)23(26)32)8-9-29(24(22)33)15-4-2-14(3-5-15)28-10-11-35-13-20(28)31/h2-7,12H,8-11,13H2,1H3,(H2,26,32). The largest absolute Gasteiger partial charge is 0.494 e. The molecule has 2 N–H and O–H groups in total. The zero-order valence-corrected chi connectivity index (χ0v) is 18.9. The number of methoxy groups -OCH3 is 1. The van der Waals surface area contributed by atoms with Gasteiger partial charge in [-0.15, -0.1) is 0 Å². The van der Waals surface area contributed by atoms with E-state index in [-0.39, 0.29) is 35.3 Å². The van der Waals surface area contributed by atoms with Crippen LogP contribution in [0.1, 0.15) is 26.5 Å². The number of nitrogens with zero attached hydrogens (tertiary/aromatic N) is 4. The molecule has 2 aliphatic rings. The van der Waals surface area contributed by atoms with Crippen molar-refractivity contribution in [1.29, 1.82) is 0 Å². The van der Waals surface area contributed by atoms with Crippen molar-refractivity contribution in [3.63, 3.8) is 0 Å². The highest BCUT2D eigenvalue weighted by Gasteiger charge is 2.35. The highest BCUT2D eigenvalue weighted by molar-refractivity contribution is 6.09. The number of amides is 3. The van der Waals surface area contributed by atoms with Crippen molar-refractivity contribution in [2.75, 3.05) is 43.2 Å². The predicted octanol–water partition coefficient (Wildman–Crippen LogP) is 1.68. The molecule has 3 amide bonds. The first-order chi connectivity index (χ1) is 16.9. The summed E-state index contributed by atoms with van der Waals surface area (Å²) in [5.74, 6) is -1.90. The van der Waals surface area contributed by atoms with E-state index in [1.807, 2.05) is 0 Å². The van der Waals surface area contributed by atoms with Crippen LogP contribution < -0.4 is 20.3 Å². The molecule has 180 valence electrons. The highest BCUT2D eigenvalue weighted by Crippen LogP contribution is 2.31. The number of nitrogens with two attached hydrogens (primary N) is 1. The summed E-state index contributed by atoms with van der Waals surface area (Å²) in [6.07, 6.45) is 0.335. The summed E-state index contributed by atoms with van der Waals surface area (Å²) in [5, 5.41) is 4.25. The molecule has 0 spiro atoms. The number of ether oxygens (including phenoxy) is 2. The van der Waals surface area contributed by atoms with Crippen molar-refractivity contribution in [3.05, 3.63) is 65.2 Å². The molecule has 35 heavy (non-hydrogen) atoms. The van der Waals surface area contributed by atoms with Crippen molar-refractivity contribution in [2.45, 2.75) is 6.42 Å². The maximum Gasteiger partial charge on any atom is 0.277 e. The Hall–Kier alpha value is -4.25. The summed E-state index contributed by atoms with van der Waals surface area (Å²) in [4.78, 5) is 41.0. The molecule has 0 radical (unpaired) electrons. The Kier molecular flexibility index (Phi) is 5.69. The van der Waals surface area contributed by atoms with Gasteiger partial charge < -0.3 is 25.0 Å². The molecule has 3 aromatic rings. The Morgan fingerprint density at radius 1 is 1.06 bits per heavy atom. The molecule has 3 heterocycles. The van der Waals surface area contributed by atoms with E-state index in [1.165, 1.54) is 23.9 Å². The summed E-state index contributed by atoms with van der Waals surface area (Å²) in [6.45, 7) is 1.24. The van der Waals surface area contributed by atoms with E-state index in [0.717, 1.165) is 0 Å². The Morgan fingerprint density at radius 2 is 1.74 bits per heavy atom. The van der Waals surface area contributed by atoms with Gasteiger partial charge in [0.05, 0.1) is 19.4 Å². The van der Waals surface area contributed by atoms with Gasteiger partial charge in [-0.2, -0.15) is 5.10 Å². The number of carbonyl (C=O) groups excluding carboxylic acids is 3. The van der Waals surface area contributed by atoms with E-state index >= 15 is 0 Å². The molecule has 1 fully saturated rings. The van der Waals surface area contributed by atoms with Crippen LogP contribution in [0, 0.1) is 5.82 Å². The molecular formula is C24H22FN5O5. The zero-order valence-electron chi connectivity index (χ0n) is 18.9. The molecular weight excluding hydrogens is 457 g/mol. The number of fused-ring (bicyclic) bond motifs is 1. The number of benzene rings is 2. The second-order valence-electron chi connectivity index (χ2n) is 8.09. The van der Waals surface area contributed by atoms with Gasteiger partial charge in [0, 0.05) is 36.1 Å². The molecule has 0 aliphatic carbocycles. The maximum atomic E-state index is 14.4. The third kappa shape index (κ3) is 3.89. The summed E-state index contributed by atoms with van der Waals surface area (Å²) >= 11 is 0. The molecule has 0 saturated carbocycles. The van der Waals surface area contributed by atoms with E-state index in [4.69, 9.17) is 15.2 Å². The molecule has 10 nitrogen and oxygen atoms in total. The number of anilines is 2. The first kappa shape index (κ1) is 22.5. The van der Waals surface area contributed by atoms with Gasteiger partial charge in [0.15, 0.2) is 17.3 Å². The van der Waals surface area contributed by atoms with Crippen LogP contribution in [0.2, 0.25) is 0 Å². The lowest BCUT2D eigenvalue weighted by Crippen LogP contribution is -2.41. The second kappa shape index (κ2) is 8.84. The molecule has 2 aliphatic heterocycles. The van der Waals surface area contributed by atoms with Gasteiger partial charge in [-0.3, -0.25) is 14.4 Å². The SMILES string of the molecule is COc1ccc(-n2nc(C(N)=O)c3c2C(=O)N(c2ccc(N4CCOCC4=O)cc2)CC3)cc1F. The van der Waals surface area contributed by atoms with Gasteiger partial charge in [-0.05, 0) is 42.8 Å². The lowest BCUT2D eigenvalue weighted by molar-refractivity contribution is -0.125. The topological polar surface area (TPSA) is 120 Å². The Labute approximate surface area is 199 Å². The molecule has 1 aromatic heterocycles. The summed E-state index contributed by atoms with van der Waals surface area (Å²) in [7, 11) is 1.35. The average Bonchev–Trinajstić information content (AvgIpc) is 3.26. The van der Waals surface area contributed by atoms with Crippen molar-refractivity contribution in [1.82, 2.24) is 9.78 Å². The van der Waals surface area contributed by atoms with Crippen LogP contribution in [-0.2, 0) is 16.0 Å². The number of aromatic nitrogens is 2. The van der Waals surface area contributed by atoms with Crippen molar-refractivity contribution < 1.29 is 28.2 Å². The van der Waals surface area contributed by atoms with Gasteiger partial charge in [-0.25, -0.2) is 9.07 Å². The monoisotopic (exact) mass is 479 g/mol. The molecule has 1 saturated heterocycles. The first-order valence-corrected chi connectivity index (χ1v) is 10.9. The Bertz CT molecular complexity index is 1340. The van der Waals surface area contributed by atoms with Crippen LogP contribution in [0.4, 0.5) is 15.8 Å². The smallest absolute Gasteiger partial charge is 0.277 e. The fourth-order valence-electron chi connectivity index (χ4n) is 4.38. The van der Waals surface area contributed by atoms with Gasteiger partial charge in [0.1, 0.15) is 12.3 Å². The predicted molar refractivity (Wildman–Crippen MR) is 124 cm³/mol. The number of morpholine rings is 1. The van der Waals surface area contributed by atoms with E-state index in [0.29, 0.717) is 43.1 Å². The number of hydrogen-bond donors (Lipinski definition) is 1. The molecule has 0 unspecified atom stereocenters. The van der Waals surface area contributed by atoms with Crippen LogP contribution in [0.3, 0.4) is 0 Å². The van der Waals surface area contributed by atoms with Crippen LogP contribution in [-0.4, -0.2) is 60.9 Å².